The van der Waals surface area contributed by atoms with Gasteiger partial charge in [0.25, 0.3) is 5.91 Å². The summed E-state index contributed by atoms with van der Waals surface area (Å²) in [6, 6.07) is 15.0. The number of hydrogen-bond donors (Lipinski definition) is 2. The molecule has 0 saturated heterocycles. The van der Waals surface area contributed by atoms with Crippen LogP contribution in [0, 0.1) is 13.8 Å². The molecule has 0 aliphatic carbocycles. The number of benzene rings is 2. The van der Waals surface area contributed by atoms with Gasteiger partial charge in [0, 0.05) is 5.56 Å². The lowest BCUT2D eigenvalue weighted by molar-refractivity contribution is 0.0526. The Kier molecular flexibility index (Phi) is 4.43. The fraction of sp³-hybridized carbons (Fsp3) is 0.278. The summed E-state index contributed by atoms with van der Waals surface area (Å²) >= 11 is 0. The van der Waals surface area contributed by atoms with Crippen LogP contribution in [0.4, 0.5) is 0 Å². The first-order valence-corrected chi connectivity index (χ1v) is 7.04. The second kappa shape index (κ2) is 6.10. The van der Waals surface area contributed by atoms with Gasteiger partial charge in [-0.2, -0.15) is 0 Å². The average molecular weight is 283 g/mol. The van der Waals surface area contributed by atoms with Gasteiger partial charge in [-0.05, 0) is 43.5 Å². The first kappa shape index (κ1) is 15.3. The summed E-state index contributed by atoms with van der Waals surface area (Å²) in [7, 11) is 0. The number of amides is 1. The molecule has 21 heavy (non-hydrogen) atoms. The van der Waals surface area contributed by atoms with Gasteiger partial charge in [0.15, 0.2) is 0 Å². The molecule has 110 valence electrons. The van der Waals surface area contributed by atoms with Gasteiger partial charge >= 0.3 is 0 Å². The Morgan fingerprint density at radius 2 is 1.76 bits per heavy atom. The molecule has 0 aromatic heterocycles. The van der Waals surface area contributed by atoms with E-state index in [1.54, 1.807) is 13.0 Å². The van der Waals surface area contributed by atoms with E-state index >= 15 is 0 Å². The van der Waals surface area contributed by atoms with E-state index in [4.69, 9.17) is 0 Å². The Morgan fingerprint density at radius 3 is 2.43 bits per heavy atom. The van der Waals surface area contributed by atoms with Crippen molar-refractivity contribution in [2.24, 2.45) is 0 Å². The molecule has 0 heterocycles. The van der Waals surface area contributed by atoms with Crippen LogP contribution in [0.25, 0.3) is 0 Å². The van der Waals surface area contributed by atoms with E-state index in [1.165, 1.54) is 0 Å². The molecule has 0 saturated carbocycles. The predicted molar refractivity (Wildman–Crippen MR) is 84.3 cm³/mol. The van der Waals surface area contributed by atoms with Gasteiger partial charge in [0.05, 0.1) is 6.54 Å². The van der Waals surface area contributed by atoms with Crippen LogP contribution >= 0.6 is 0 Å². The third-order valence-electron chi connectivity index (χ3n) is 3.84. The number of aliphatic hydroxyl groups is 1. The third kappa shape index (κ3) is 3.50. The SMILES string of the molecule is Cc1cccc(C(=O)NCC(C)(O)c2ccccc2)c1C. The molecule has 0 radical (unpaired) electrons. The van der Waals surface area contributed by atoms with Gasteiger partial charge in [-0.3, -0.25) is 4.79 Å². The third-order valence-corrected chi connectivity index (χ3v) is 3.84. The topological polar surface area (TPSA) is 49.3 Å². The molecule has 1 atom stereocenters. The summed E-state index contributed by atoms with van der Waals surface area (Å²) in [4.78, 5) is 12.3. The van der Waals surface area contributed by atoms with Crippen molar-refractivity contribution in [3.63, 3.8) is 0 Å². The fourth-order valence-corrected chi connectivity index (χ4v) is 2.24. The molecule has 0 bridgehead atoms. The van der Waals surface area contributed by atoms with Crippen molar-refractivity contribution in [2.45, 2.75) is 26.4 Å². The summed E-state index contributed by atoms with van der Waals surface area (Å²) in [6.07, 6.45) is 0. The van der Waals surface area contributed by atoms with Crippen LogP contribution in [0.3, 0.4) is 0 Å². The van der Waals surface area contributed by atoms with Crippen LogP contribution in [0.1, 0.15) is 34.0 Å². The molecule has 0 spiro atoms. The number of nitrogens with one attached hydrogen (secondary N) is 1. The minimum atomic E-state index is -1.09. The van der Waals surface area contributed by atoms with Crippen LogP contribution in [0.2, 0.25) is 0 Å². The zero-order valence-electron chi connectivity index (χ0n) is 12.7. The number of carbonyl (C=O) groups excluding carboxylic acids is 1. The lowest BCUT2D eigenvalue weighted by Crippen LogP contribution is -2.38. The predicted octanol–water partition coefficient (Wildman–Crippen LogP) is 2.94. The molecule has 2 aromatic carbocycles. The smallest absolute Gasteiger partial charge is 0.251 e. The van der Waals surface area contributed by atoms with E-state index in [-0.39, 0.29) is 12.5 Å². The first-order valence-electron chi connectivity index (χ1n) is 7.04. The lowest BCUT2D eigenvalue weighted by Gasteiger charge is -2.24. The highest BCUT2D eigenvalue weighted by Gasteiger charge is 2.24. The van der Waals surface area contributed by atoms with Gasteiger partial charge in [-0.1, -0.05) is 42.5 Å². The number of carbonyl (C=O) groups is 1. The molecule has 0 fully saturated rings. The second-order valence-electron chi connectivity index (χ2n) is 5.57. The minimum Gasteiger partial charge on any atom is -0.384 e. The standard InChI is InChI=1S/C18H21NO2/c1-13-8-7-11-16(14(13)2)17(20)19-12-18(3,21)15-9-5-4-6-10-15/h4-11,21H,12H2,1-3H3,(H,19,20). The van der Waals surface area contributed by atoms with E-state index in [9.17, 15) is 9.90 Å². The normalized spacial score (nSPS) is 13.5. The zero-order valence-corrected chi connectivity index (χ0v) is 12.7. The number of rotatable bonds is 4. The van der Waals surface area contributed by atoms with Gasteiger partial charge in [0.2, 0.25) is 0 Å². The van der Waals surface area contributed by atoms with Crippen molar-refractivity contribution in [3.05, 3.63) is 70.8 Å². The van der Waals surface area contributed by atoms with Crippen molar-refractivity contribution in [1.82, 2.24) is 5.32 Å². The molecule has 2 rings (SSSR count). The molecule has 2 N–H and O–H groups in total. The van der Waals surface area contributed by atoms with Crippen LogP contribution < -0.4 is 5.32 Å². The Hall–Kier alpha value is -2.13. The van der Waals surface area contributed by atoms with E-state index < -0.39 is 5.60 Å². The first-order chi connectivity index (χ1) is 9.92. The van der Waals surface area contributed by atoms with Gasteiger partial charge in [0.1, 0.15) is 5.60 Å². The maximum absolute atomic E-state index is 12.3. The molecule has 1 unspecified atom stereocenters. The Bertz CT molecular complexity index is 633. The monoisotopic (exact) mass is 283 g/mol. The summed E-state index contributed by atoms with van der Waals surface area (Å²) in [5.74, 6) is -0.160. The van der Waals surface area contributed by atoms with Crippen molar-refractivity contribution >= 4 is 5.91 Å². The summed E-state index contributed by atoms with van der Waals surface area (Å²) < 4.78 is 0. The number of aryl methyl sites for hydroxylation is 1. The zero-order chi connectivity index (χ0) is 15.5. The lowest BCUT2D eigenvalue weighted by atomic mass is 9.95. The molecule has 3 nitrogen and oxygen atoms in total. The molecule has 1 amide bonds. The Labute approximate surface area is 125 Å². The van der Waals surface area contributed by atoms with E-state index in [2.05, 4.69) is 5.32 Å². The van der Waals surface area contributed by atoms with Crippen LogP contribution in [0.5, 0.6) is 0 Å². The molecule has 0 aliphatic heterocycles. The Morgan fingerprint density at radius 1 is 1.10 bits per heavy atom. The van der Waals surface area contributed by atoms with Crippen molar-refractivity contribution in [3.8, 4) is 0 Å². The minimum absolute atomic E-state index is 0.160. The highest BCUT2D eigenvalue weighted by Crippen LogP contribution is 2.19. The maximum atomic E-state index is 12.3. The van der Waals surface area contributed by atoms with Crippen LogP contribution in [0.15, 0.2) is 48.5 Å². The van der Waals surface area contributed by atoms with Gasteiger partial charge in [-0.25, -0.2) is 0 Å². The molecule has 0 aliphatic rings. The highest BCUT2D eigenvalue weighted by atomic mass is 16.3. The van der Waals surface area contributed by atoms with Gasteiger partial charge in [-0.15, -0.1) is 0 Å². The highest BCUT2D eigenvalue weighted by molar-refractivity contribution is 5.95. The van der Waals surface area contributed by atoms with Crippen LogP contribution in [-0.2, 0) is 5.60 Å². The van der Waals surface area contributed by atoms with E-state index in [0.717, 1.165) is 16.7 Å². The quantitative estimate of drug-likeness (QED) is 0.906. The molecule has 2 aromatic rings. The Balaban J connectivity index is 2.09. The summed E-state index contributed by atoms with van der Waals surface area (Å²) in [5, 5.41) is 13.3. The van der Waals surface area contributed by atoms with E-state index in [1.807, 2.05) is 56.3 Å². The van der Waals surface area contributed by atoms with Crippen molar-refractivity contribution < 1.29 is 9.90 Å². The number of hydrogen-bond acceptors (Lipinski definition) is 2. The fourth-order valence-electron chi connectivity index (χ4n) is 2.24. The van der Waals surface area contributed by atoms with E-state index in [0.29, 0.717) is 5.56 Å². The summed E-state index contributed by atoms with van der Waals surface area (Å²) in [6.45, 7) is 5.78. The molecular formula is C18H21NO2. The average Bonchev–Trinajstić information content (AvgIpc) is 2.49. The summed E-state index contributed by atoms with van der Waals surface area (Å²) in [5.41, 5.74) is 2.39. The van der Waals surface area contributed by atoms with Crippen LogP contribution in [-0.4, -0.2) is 17.6 Å². The van der Waals surface area contributed by atoms with Crippen molar-refractivity contribution in [1.29, 1.82) is 0 Å². The second-order valence-corrected chi connectivity index (χ2v) is 5.57. The molecule has 3 heteroatoms. The van der Waals surface area contributed by atoms with Gasteiger partial charge < -0.3 is 10.4 Å². The largest absolute Gasteiger partial charge is 0.384 e. The maximum Gasteiger partial charge on any atom is 0.251 e. The molecular weight excluding hydrogens is 262 g/mol. The van der Waals surface area contributed by atoms with Crippen molar-refractivity contribution in [2.75, 3.05) is 6.54 Å².